The number of aliphatic carboxylic acids is 1. The normalized spacial score (nSPS) is 11.8. The number of carbonyl (C=O) groups is 1. The van der Waals surface area contributed by atoms with E-state index in [1.165, 1.54) is 0 Å². The first-order chi connectivity index (χ1) is 15.6. The average molecular weight is 428 g/mol. The molecule has 0 radical (unpaired) electrons. The highest BCUT2D eigenvalue weighted by molar-refractivity contribution is 5.78. The summed E-state index contributed by atoms with van der Waals surface area (Å²) in [4.78, 5) is 15.7. The minimum absolute atomic E-state index is 0.373. The van der Waals surface area contributed by atoms with E-state index >= 15 is 0 Å². The maximum absolute atomic E-state index is 11.1. The third-order valence-electron chi connectivity index (χ3n) is 5.21. The first-order valence-corrected chi connectivity index (χ1v) is 10.6. The molecule has 5 nitrogen and oxygen atoms in total. The Labute approximate surface area is 187 Å². The van der Waals surface area contributed by atoms with Crippen molar-refractivity contribution in [2.45, 2.75) is 26.6 Å². The van der Waals surface area contributed by atoms with Gasteiger partial charge in [-0.2, -0.15) is 0 Å². The number of para-hydroxylation sites is 1. The molecule has 0 aliphatic heterocycles. The molecule has 1 aromatic heterocycles. The standard InChI is InChI=1S/C27H25NO4/c1-19(27(29)30)14-20-6-4-7-21(15-20)17-31-24-9-5-10-25(16-24)32-18-23-13-12-22-8-2-3-11-26(22)28-23/h2-13,15-16,19H,14,17-18H2,1H3,(H,29,30). The number of pyridine rings is 1. The number of rotatable bonds is 9. The van der Waals surface area contributed by atoms with Gasteiger partial charge in [-0.15, -0.1) is 0 Å². The monoisotopic (exact) mass is 427 g/mol. The number of hydrogen-bond donors (Lipinski definition) is 1. The highest BCUT2D eigenvalue weighted by Gasteiger charge is 2.11. The van der Waals surface area contributed by atoms with Crippen LogP contribution in [0.15, 0.2) is 84.9 Å². The van der Waals surface area contributed by atoms with E-state index in [4.69, 9.17) is 14.6 Å². The molecule has 0 spiro atoms. The number of hydrogen-bond acceptors (Lipinski definition) is 4. The third-order valence-corrected chi connectivity index (χ3v) is 5.21. The molecule has 0 amide bonds. The second kappa shape index (κ2) is 9.96. The molecule has 4 aromatic rings. The van der Waals surface area contributed by atoms with Crippen LogP contribution in [0.3, 0.4) is 0 Å². The van der Waals surface area contributed by atoms with Crippen LogP contribution < -0.4 is 9.47 Å². The smallest absolute Gasteiger partial charge is 0.306 e. The van der Waals surface area contributed by atoms with E-state index in [1.54, 1.807) is 6.92 Å². The molecular weight excluding hydrogens is 402 g/mol. The molecule has 0 saturated carbocycles. The van der Waals surface area contributed by atoms with Crippen molar-refractivity contribution in [2.75, 3.05) is 0 Å². The number of ether oxygens (including phenoxy) is 2. The summed E-state index contributed by atoms with van der Waals surface area (Å²) in [6, 6.07) is 27.4. The lowest BCUT2D eigenvalue weighted by Crippen LogP contribution is -2.12. The zero-order valence-corrected chi connectivity index (χ0v) is 17.9. The lowest BCUT2D eigenvalue weighted by molar-refractivity contribution is -0.141. The van der Waals surface area contributed by atoms with Gasteiger partial charge in [-0.1, -0.05) is 61.5 Å². The zero-order chi connectivity index (χ0) is 22.3. The summed E-state index contributed by atoms with van der Waals surface area (Å²) in [7, 11) is 0. The Balaban J connectivity index is 1.35. The third kappa shape index (κ3) is 5.64. The lowest BCUT2D eigenvalue weighted by Gasteiger charge is -2.11. The summed E-state index contributed by atoms with van der Waals surface area (Å²) in [6.45, 7) is 2.48. The van der Waals surface area contributed by atoms with Gasteiger partial charge >= 0.3 is 5.97 Å². The first kappa shape index (κ1) is 21.4. The SMILES string of the molecule is CC(Cc1cccc(COc2cccc(OCc3ccc4ccccc4n3)c2)c1)C(=O)O. The summed E-state index contributed by atoms with van der Waals surface area (Å²) in [5.41, 5.74) is 3.79. The number of nitrogens with zero attached hydrogens (tertiary/aromatic N) is 1. The van der Waals surface area contributed by atoms with Gasteiger partial charge in [-0.05, 0) is 41.8 Å². The van der Waals surface area contributed by atoms with Crippen molar-refractivity contribution in [3.05, 3.63) is 102 Å². The molecule has 1 unspecified atom stereocenters. The minimum atomic E-state index is -0.789. The van der Waals surface area contributed by atoms with Gasteiger partial charge in [0.05, 0.1) is 17.1 Å². The summed E-state index contributed by atoms with van der Waals surface area (Å²) in [6.07, 6.45) is 0.495. The summed E-state index contributed by atoms with van der Waals surface area (Å²) in [5.74, 6) is 0.208. The van der Waals surface area contributed by atoms with Crippen molar-refractivity contribution in [2.24, 2.45) is 5.92 Å². The van der Waals surface area contributed by atoms with E-state index < -0.39 is 11.9 Å². The first-order valence-electron chi connectivity index (χ1n) is 10.6. The predicted molar refractivity (Wildman–Crippen MR) is 124 cm³/mol. The van der Waals surface area contributed by atoms with Crippen LogP contribution in [-0.4, -0.2) is 16.1 Å². The second-order valence-electron chi connectivity index (χ2n) is 7.81. The number of aromatic nitrogens is 1. The van der Waals surface area contributed by atoms with Crippen LogP contribution in [0.2, 0.25) is 0 Å². The van der Waals surface area contributed by atoms with Crippen molar-refractivity contribution >= 4 is 16.9 Å². The van der Waals surface area contributed by atoms with Crippen LogP contribution in [0.1, 0.15) is 23.7 Å². The zero-order valence-electron chi connectivity index (χ0n) is 17.9. The number of carboxylic acids is 1. The van der Waals surface area contributed by atoms with Gasteiger partial charge in [-0.3, -0.25) is 4.79 Å². The molecule has 1 N–H and O–H groups in total. The van der Waals surface area contributed by atoms with Crippen molar-refractivity contribution in [3.8, 4) is 11.5 Å². The maximum atomic E-state index is 11.1. The predicted octanol–water partition coefficient (Wildman–Crippen LogP) is 5.66. The number of fused-ring (bicyclic) bond motifs is 1. The topological polar surface area (TPSA) is 68.7 Å². The molecule has 0 aliphatic carbocycles. The van der Waals surface area contributed by atoms with Gasteiger partial charge in [0.1, 0.15) is 24.7 Å². The Bertz CT molecular complexity index is 1220. The second-order valence-corrected chi connectivity index (χ2v) is 7.81. The summed E-state index contributed by atoms with van der Waals surface area (Å²) < 4.78 is 11.9. The van der Waals surface area contributed by atoms with E-state index in [-0.39, 0.29) is 0 Å². The molecule has 3 aromatic carbocycles. The Morgan fingerprint density at radius 3 is 2.38 bits per heavy atom. The molecule has 1 heterocycles. The molecule has 0 bridgehead atoms. The number of carboxylic acid groups (broad SMARTS) is 1. The number of benzene rings is 3. The Kier molecular flexibility index (Phi) is 6.66. The lowest BCUT2D eigenvalue weighted by atomic mass is 10.00. The van der Waals surface area contributed by atoms with Gasteiger partial charge in [0, 0.05) is 11.5 Å². The molecule has 162 valence electrons. The molecule has 32 heavy (non-hydrogen) atoms. The molecule has 0 aliphatic rings. The summed E-state index contributed by atoms with van der Waals surface area (Å²) in [5, 5.41) is 10.2. The van der Waals surface area contributed by atoms with Gasteiger partial charge in [-0.25, -0.2) is 4.98 Å². The Hall–Kier alpha value is -3.86. The van der Waals surface area contributed by atoms with Gasteiger partial charge in [0.2, 0.25) is 0 Å². The average Bonchev–Trinajstić information content (AvgIpc) is 2.82. The van der Waals surface area contributed by atoms with Crippen molar-refractivity contribution in [1.29, 1.82) is 0 Å². The molecule has 0 fully saturated rings. The van der Waals surface area contributed by atoms with Crippen molar-refractivity contribution in [1.82, 2.24) is 4.98 Å². The van der Waals surface area contributed by atoms with Gasteiger partial charge in [0.25, 0.3) is 0 Å². The Morgan fingerprint density at radius 2 is 1.56 bits per heavy atom. The van der Waals surface area contributed by atoms with Crippen LogP contribution in [0, 0.1) is 5.92 Å². The van der Waals surface area contributed by atoms with Crippen LogP contribution >= 0.6 is 0 Å². The van der Waals surface area contributed by atoms with Gasteiger partial charge < -0.3 is 14.6 Å². The van der Waals surface area contributed by atoms with Crippen LogP contribution in [0.25, 0.3) is 10.9 Å². The summed E-state index contributed by atoms with van der Waals surface area (Å²) >= 11 is 0. The van der Waals surface area contributed by atoms with E-state index in [9.17, 15) is 4.79 Å². The fourth-order valence-electron chi connectivity index (χ4n) is 3.45. The minimum Gasteiger partial charge on any atom is -0.489 e. The fourth-order valence-corrected chi connectivity index (χ4v) is 3.45. The van der Waals surface area contributed by atoms with E-state index in [0.29, 0.717) is 31.1 Å². The van der Waals surface area contributed by atoms with E-state index in [2.05, 4.69) is 4.98 Å². The molecule has 0 saturated heterocycles. The van der Waals surface area contributed by atoms with E-state index in [1.807, 2.05) is 84.9 Å². The molecule has 4 rings (SSSR count). The highest BCUT2D eigenvalue weighted by atomic mass is 16.5. The van der Waals surface area contributed by atoms with Crippen molar-refractivity contribution < 1.29 is 19.4 Å². The van der Waals surface area contributed by atoms with E-state index in [0.717, 1.165) is 27.7 Å². The molecule has 5 heteroatoms. The molecule has 1 atom stereocenters. The highest BCUT2D eigenvalue weighted by Crippen LogP contribution is 2.22. The largest absolute Gasteiger partial charge is 0.489 e. The fraction of sp³-hybridized carbons (Fsp3) is 0.185. The maximum Gasteiger partial charge on any atom is 0.306 e. The molecular formula is C27H25NO4. The van der Waals surface area contributed by atoms with Crippen molar-refractivity contribution in [3.63, 3.8) is 0 Å². The van der Waals surface area contributed by atoms with Crippen LogP contribution in [-0.2, 0) is 24.4 Å². The van der Waals surface area contributed by atoms with Crippen LogP contribution in [0.5, 0.6) is 11.5 Å². The Morgan fingerprint density at radius 1 is 0.844 bits per heavy atom. The van der Waals surface area contributed by atoms with Crippen LogP contribution in [0.4, 0.5) is 0 Å². The quantitative estimate of drug-likeness (QED) is 0.373. The van der Waals surface area contributed by atoms with Gasteiger partial charge in [0.15, 0.2) is 0 Å².